The quantitative estimate of drug-likeness (QED) is 0.109. The Morgan fingerprint density at radius 1 is 0.977 bits per heavy atom. The Balaban J connectivity index is 0.000000375. The van der Waals surface area contributed by atoms with Gasteiger partial charge in [0.1, 0.15) is 5.82 Å². The zero-order valence-corrected chi connectivity index (χ0v) is 25.9. The number of benzene rings is 2. The molecule has 1 aliphatic rings. The number of fused-ring (bicyclic) bond motifs is 1. The SMILES string of the molecule is CCCCCN1CCC(c2c[nH]c3ccc(NC(=O)Nc4cccc(C(=O)CC)c4)nc23)CC1.Cc1ccccc1C(=O)O. The molecule has 1 saturated heterocycles. The number of likely N-dealkylation sites (tertiary alicyclic amines) is 1. The zero-order valence-electron chi connectivity index (χ0n) is 25.9. The van der Waals surface area contributed by atoms with Crippen molar-refractivity contribution in [2.45, 2.75) is 65.2 Å². The van der Waals surface area contributed by atoms with E-state index in [0.717, 1.165) is 42.5 Å². The predicted octanol–water partition coefficient (Wildman–Crippen LogP) is 7.86. The number of aromatic carboxylic acids is 1. The molecule has 0 unspecified atom stereocenters. The van der Waals surface area contributed by atoms with Crippen LogP contribution in [0.4, 0.5) is 16.3 Å². The molecule has 1 fully saturated rings. The number of aromatic nitrogens is 2. The Bertz CT molecular complexity index is 1570. The van der Waals surface area contributed by atoms with Crippen LogP contribution in [0.2, 0.25) is 0 Å². The van der Waals surface area contributed by atoms with Gasteiger partial charge in [-0.1, -0.05) is 57.0 Å². The molecule has 3 heterocycles. The molecule has 232 valence electrons. The fourth-order valence-corrected chi connectivity index (χ4v) is 5.52. The van der Waals surface area contributed by atoms with Crippen LogP contribution in [-0.4, -0.2) is 57.4 Å². The molecule has 9 heteroatoms. The Morgan fingerprint density at radius 3 is 2.43 bits per heavy atom. The van der Waals surface area contributed by atoms with Crippen LogP contribution < -0.4 is 10.6 Å². The topological polar surface area (TPSA) is 127 Å². The summed E-state index contributed by atoms with van der Waals surface area (Å²) in [5, 5.41) is 14.2. The molecule has 0 atom stereocenters. The molecular formula is C35H43N5O4. The van der Waals surface area contributed by atoms with Crippen LogP contribution in [0, 0.1) is 6.92 Å². The van der Waals surface area contributed by atoms with Gasteiger partial charge in [-0.15, -0.1) is 0 Å². The second-order valence-corrected chi connectivity index (χ2v) is 11.2. The molecular weight excluding hydrogens is 554 g/mol. The van der Waals surface area contributed by atoms with Crippen LogP contribution >= 0.6 is 0 Å². The Morgan fingerprint density at radius 2 is 1.75 bits per heavy atom. The van der Waals surface area contributed by atoms with Gasteiger partial charge in [0.15, 0.2) is 5.78 Å². The van der Waals surface area contributed by atoms with Crippen molar-refractivity contribution in [1.29, 1.82) is 0 Å². The van der Waals surface area contributed by atoms with Gasteiger partial charge >= 0.3 is 12.0 Å². The fraction of sp³-hybridized carbons (Fsp3) is 0.371. The van der Waals surface area contributed by atoms with E-state index in [1.165, 1.54) is 31.4 Å². The predicted molar refractivity (Wildman–Crippen MR) is 176 cm³/mol. The van der Waals surface area contributed by atoms with Gasteiger partial charge in [0.2, 0.25) is 0 Å². The molecule has 2 aromatic carbocycles. The highest BCUT2D eigenvalue weighted by Crippen LogP contribution is 2.33. The number of anilines is 2. The third-order valence-corrected chi connectivity index (χ3v) is 8.04. The number of Topliss-reactive ketones (excluding diaryl/α,β-unsaturated/α-hetero) is 1. The summed E-state index contributed by atoms with van der Waals surface area (Å²) in [6.45, 7) is 9.30. The van der Waals surface area contributed by atoms with Crippen molar-refractivity contribution in [2.75, 3.05) is 30.3 Å². The number of carbonyl (C=O) groups is 3. The minimum Gasteiger partial charge on any atom is -0.478 e. The molecule has 0 spiro atoms. The summed E-state index contributed by atoms with van der Waals surface area (Å²) in [6.07, 6.45) is 8.61. The molecule has 0 aliphatic carbocycles. The molecule has 0 saturated carbocycles. The first-order valence-corrected chi connectivity index (χ1v) is 15.5. The van der Waals surface area contributed by atoms with Gasteiger partial charge in [-0.3, -0.25) is 10.1 Å². The standard InChI is InChI=1S/C27H35N5O2.C8H8O2/c1-3-5-6-14-32-15-12-19(13-16-32)22-18-28-23-10-11-25(30-26(22)23)31-27(34)29-21-9-7-8-20(17-21)24(33)4-2;1-6-4-2-3-5-7(6)8(9)10/h7-11,17-19,28H,3-6,12-16H2,1-2H3,(H2,29,30,31,34);2-5H,1H3,(H,9,10). The number of unbranched alkanes of at least 4 members (excludes halogenated alkanes) is 2. The van der Waals surface area contributed by atoms with E-state index < -0.39 is 5.97 Å². The van der Waals surface area contributed by atoms with E-state index >= 15 is 0 Å². The van der Waals surface area contributed by atoms with Gasteiger partial charge in [0.05, 0.1) is 16.6 Å². The highest BCUT2D eigenvalue weighted by Gasteiger charge is 2.23. The summed E-state index contributed by atoms with van der Waals surface area (Å²) in [7, 11) is 0. The monoisotopic (exact) mass is 597 g/mol. The lowest BCUT2D eigenvalue weighted by atomic mass is 9.90. The fourth-order valence-electron chi connectivity index (χ4n) is 5.52. The minimum atomic E-state index is -0.863. The van der Waals surface area contributed by atoms with Crippen LogP contribution in [0.5, 0.6) is 0 Å². The summed E-state index contributed by atoms with van der Waals surface area (Å²) in [5.74, 6) is 0.163. The molecule has 0 radical (unpaired) electrons. The van der Waals surface area contributed by atoms with Gasteiger partial charge in [-0.2, -0.15) is 0 Å². The molecule has 4 aromatic rings. The Kier molecular flexibility index (Phi) is 11.7. The van der Waals surface area contributed by atoms with Gasteiger partial charge < -0.3 is 20.3 Å². The number of amides is 2. The summed E-state index contributed by atoms with van der Waals surface area (Å²) >= 11 is 0. The molecule has 1 aliphatic heterocycles. The van der Waals surface area contributed by atoms with E-state index in [0.29, 0.717) is 35.0 Å². The number of ketones is 1. The van der Waals surface area contributed by atoms with Crippen molar-refractivity contribution >= 4 is 40.3 Å². The average Bonchev–Trinajstić information content (AvgIpc) is 3.45. The van der Waals surface area contributed by atoms with Crippen molar-refractivity contribution in [2.24, 2.45) is 0 Å². The number of H-pyrrole nitrogens is 1. The second kappa shape index (κ2) is 15.8. The van der Waals surface area contributed by atoms with Crippen molar-refractivity contribution < 1.29 is 19.5 Å². The van der Waals surface area contributed by atoms with E-state index in [-0.39, 0.29) is 11.8 Å². The van der Waals surface area contributed by atoms with Gasteiger partial charge in [-0.25, -0.2) is 14.6 Å². The third kappa shape index (κ3) is 8.76. The van der Waals surface area contributed by atoms with Crippen molar-refractivity contribution in [3.8, 4) is 0 Å². The highest BCUT2D eigenvalue weighted by atomic mass is 16.4. The number of aryl methyl sites for hydroxylation is 1. The Hall–Kier alpha value is -4.50. The number of rotatable bonds is 10. The first-order valence-electron chi connectivity index (χ1n) is 15.5. The van der Waals surface area contributed by atoms with E-state index in [1.54, 1.807) is 55.5 Å². The van der Waals surface area contributed by atoms with Gasteiger partial charge in [0, 0.05) is 23.9 Å². The third-order valence-electron chi connectivity index (χ3n) is 8.04. The van der Waals surface area contributed by atoms with Crippen LogP contribution in [0.1, 0.15) is 90.1 Å². The lowest BCUT2D eigenvalue weighted by Gasteiger charge is -2.31. The maximum absolute atomic E-state index is 12.6. The lowest BCUT2D eigenvalue weighted by Crippen LogP contribution is -2.33. The number of piperidine rings is 1. The van der Waals surface area contributed by atoms with Crippen molar-refractivity contribution in [3.63, 3.8) is 0 Å². The average molecular weight is 598 g/mol. The largest absolute Gasteiger partial charge is 0.478 e. The number of carboxylic acid groups (broad SMARTS) is 1. The molecule has 9 nitrogen and oxygen atoms in total. The number of nitrogens with one attached hydrogen (secondary N) is 3. The first-order chi connectivity index (χ1) is 21.3. The maximum atomic E-state index is 12.6. The maximum Gasteiger partial charge on any atom is 0.335 e. The van der Waals surface area contributed by atoms with Crippen molar-refractivity contribution in [3.05, 3.63) is 89.1 Å². The summed E-state index contributed by atoms with van der Waals surface area (Å²) in [5.41, 5.74) is 5.49. The molecule has 2 amide bonds. The molecule has 4 N–H and O–H groups in total. The second-order valence-electron chi connectivity index (χ2n) is 11.2. The molecule has 2 aromatic heterocycles. The number of aromatic amines is 1. The number of carbonyl (C=O) groups excluding carboxylic acids is 2. The minimum absolute atomic E-state index is 0.0444. The van der Waals surface area contributed by atoms with E-state index in [4.69, 9.17) is 10.1 Å². The molecule has 44 heavy (non-hydrogen) atoms. The van der Waals surface area contributed by atoms with Crippen LogP contribution in [0.25, 0.3) is 11.0 Å². The number of nitrogens with zero attached hydrogens (tertiary/aromatic N) is 2. The molecule has 0 bridgehead atoms. The number of hydrogen-bond acceptors (Lipinski definition) is 5. The molecule has 5 rings (SSSR count). The summed E-state index contributed by atoms with van der Waals surface area (Å²) < 4.78 is 0. The van der Waals surface area contributed by atoms with E-state index in [1.807, 2.05) is 19.1 Å². The highest BCUT2D eigenvalue weighted by molar-refractivity contribution is 6.01. The van der Waals surface area contributed by atoms with Crippen LogP contribution in [0.15, 0.2) is 66.9 Å². The number of hydrogen-bond donors (Lipinski definition) is 4. The summed E-state index contributed by atoms with van der Waals surface area (Å²) in [4.78, 5) is 45.6. The van der Waals surface area contributed by atoms with Crippen molar-refractivity contribution in [1.82, 2.24) is 14.9 Å². The zero-order chi connectivity index (χ0) is 31.5. The van der Waals surface area contributed by atoms with Crippen LogP contribution in [0.3, 0.4) is 0 Å². The number of urea groups is 1. The summed E-state index contributed by atoms with van der Waals surface area (Å²) in [6, 6.07) is 17.3. The first kappa shape index (κ1) is 32.4. The van der Waals surface area contributed by atoms with Gasteiger partial charge in [-0.05, 0) is 93.2 Å². The number of pyridine rings is 1. The van der Waals surface area contributed by atoms with E-state index in [2.05, 4.69) is 33.6 Å². The smallest absolute Gasteiger partial charge is 0.335 e. The lowest BCUT2D eigenvalue weighted by molar-refractivity contribution is 0.0695. The van der Waals surface area contributed by atoms with E-state index in [9.17, 15) is 14.4 Å². The number of carboxylic acids is 1. The normalized spacial score (nSPS) is 13.6. The van der Waals surface area contributed by atoms with Crippen LogP contribution in [-0.2, 0) is 0 Å². The van der Waals surface area contributed by atoms with Gasteiger partial charge in [0.25, 0.3) is 0 Å². The Labute approximate surface area is 259 Å².